The van der Waals surface area contributed by atoms with Crippen LogP contribution in [-0.2, 0) is 4.79 Å². The molecular weight excluding hydrogens is 288 g/mol. The van der Waals surface area contributed by atoms with Crippen molar-refractivity contribution >= 4 is 23.1 Å². The molecule has 23 heavy (non-hydrogen) atoms. The Kier molecular flexibility index (Phi) is 5.16. The normalized spacial score (nSPS) is 11.7. The van der Waals surface area contributed by atoms with E-state index in [2.05, 4.69) is 16.7 Å². The lowest BCUT2D eigenvalue weighted by molar-refractivity contribution is -0.116. The summed E-state index contributed by atoms with van der Waals surface area (Å²) in [6.45, 7) is 7.39. The molecule has 0 heterocycles. The van der Waals surface area contributed by atoms with Crippen molar-refractivity contribution in [2.24, 2.45) is 0 Å². The topological polar surface area (TPSA) is 58.2 Å². The molecule has 0 aliphatic carbocycles. The lowest BCUT2D eigenvalue weighted by Crippen LogP contribution is -2.31. The zero-order valence-electron chi connectivity index (χ0n) is 13.9. The summed E-state index contributed by atoms with van der Waals surface area (Å²) < 4.78 is 0. The number of amides is 1. The van der Waals surface area contributed by atoms with Gasteiger partial charge in [-0.25, -0.2) is 0 Å². The van der Waals surface area contributed by atoms with Crippen LogP contribution in [0, 0.1) is 13.8 Å². The van der Waals surface area contributed by atoms with Crippen LogP contribution >= 0.6 is 0 Å². The Hall–Kier alpha value is -2.62. The van der Waals surface area contributed by atoms with Gasteiger partial charge in [-0.05, 0) is 75.2 Å². The summed E-state index contributed by atoms with van der Waals surface area (Å²) in [6.07, 6.45) is 0. The monoisotopic (exact) mass is 310 g/mol. The molecule has 0 radical (unpaired) electrons. The molecule has 0 bridgehead atoms. The van der Waals surface area contributed by atoms with Crippen LogP contribution in [0.1, 0.15) is 35.3 Å². The maximum atomic E-state index is 12.3. The second-order valence-corrected chi connectivity index (χ2v) is 5.87. The van der Waals surface area contributed by atoms with Gasteiger partial charge in [-0.1, -0.05) is 6.07 Å². The molecule has 4 nitrogen and oxygen atoms in total. The molecule has 0 aliphatic rings. The third-order valence-corrected chi connectivity index (χ3v) is 3.56. The summed E-state index contributed by atoms with van der Waals surface area (Å²) in [5.41, 5.74) is 4.54. The summed E-state index contributed by atoms with van der Waals surface area (Å²) in [5.74, 6) is -0.118. The van der Waals surface area contributed by atoms with Gasteiger partial charge in [-0.3, -0.25) is 9.59 Å². The Morgan fingerprint density at radius 2 is 1.48 bits per heavy atom. The van der Waals surface area contributed by atoms with Crippen LogP contribution in [0.2, 0.25) is 0 Å². The number of benzene rings is 2. The first-order chi connectivity index (χ1) is 10.8. The van der Waals surface area contributed by atoms with Gasteiger partial charge in [-0.15, -0.1) is 0 Å². The highest BCUT2D eigenvalue weighted by atomic mass is 16.2. The van der Waals surface area contributed by atoms with E-state index in [0.29, 0.717) is 11.3 Å². The van der Waals surface area contributed by atoms with Crippen molar-refractivity contribution < 1.29 is 9.59 Å². The molecule has 0 unspecified atom stereocenters. The van der Waals surface area contributed by atoms with Gasteiger partial charge in [0.2, 0.25) is 5.91 Å². The molecule has 2 N–H and O–H groups in total. The molecule has 2 rings (SSSR count). The zero-order valence-corrected chi connectivity index (χ0v) is 13.9. The van der Waals surface area contributed by atoms with Crippen molar-refractivity contribution in [3.8, 4) is 0 Å². The summed E-state index contributed by atoms with van der Waals surface area (Å²) in [4.78, 5) is 23.5. The van der Waals surface area contributed by atoms with E-state index < -0.39 is 0 Å². The highest BCUT2D eigenvalue weighted by Crippen LogP contribution is 2.16. The van der Waals surface area contributed by atoms with Crippen LogP contribution in [0.3, 0.4) is 0 Å². The number of Topliss-reactive ketones (excluding diaryl/α,β-unsaturated/α-hetero) is 1. The Morgan fingerprint density at radius 1 is 0.913 bits per heavy atom. The van der Waals surface area contributed by atoms with Gasteiger partial charge in [0.15, 0.2) is 5.78 Å². The molecule has 0 spiro atoms. The molecule has 0 saturated heterocycles. The van der Waals surface area contributed by atoms with Crippen LogP contribution in [0.25, 0.3) is 0 Å². The van der Waals surface area contributed by atoms with E-state index >= 15 is 0 Å². The minimum Gasteiger partial charge on any atom is -0.374 e. The second kappa shape index (κ2) is 7.09. The van der Waals surface area contributed by atoms with Gasteiger partial charge >= 0.3 is 0 Å². The van der Waals surface area contributed by atoms with Gasteiger partial charge in [0.1, 0.15) is 6.04 Å². The first-order valence-electron chi connectivity index (χ1n) is 7.62. The number of anilines is 2. The Labute approximate surface area is 136 Å². The van der Waals surface area contributed by atoms with Crippen molar-refractivity contribution in [1.29, 1.82) is 0 Å². The minimum absolute atomic E-state index is 0.00716. The fourth-order valence-electron chi connectivity index (χ4n) is 2.41. The smallest absolute Gasteiger partial charge is 0.246 e. The minimum atomic E-state index is -0.372. The predicted octanol–water partition coefficient (Wildman–Crippen LogP) is 3.95. The Bertz CT molecular complexity index is 700. The van der Waals surface area contributed by atoms with Crippen LogP contribution in [0.15, 0.2) is 42.5 Å². The van der Waals surface area contributed by atoms with E-state index in [1.54, 1.807) is 24.3 Å². The Balaban J connectivity index is 2.00. The van der Waals surface area contributed by atoms with Gasteiger partial charge in [0.25, 0.3) is 0 Å². The molecule has 120 valence electrons. The first-order valence-corrected chi connectivity index (χ1v) is 7.62. The highest BCUT2D eigenvalue weighted by Gasteiger charge is 2.13. The largest absolute Gasteiger partial charge is 0.374 e. The number of ketones is 1. The number of nitrogens with one attached hydrogen (secondary N) is 2. The molecule has 4 heteroatoms. The third kappa shape index (κ3) is 4.68. The third-order valence-electron chi connectivity index (χ3n) is 3.56. The van der Waals surface area contributed by atoms with Gasteiger partial charge in [0, 0.05) is 16.9 Å². The Morgan fingerprint density at radius 3 is 2.00 bits per heavy atom. The average Bonchev–Trinajstić information content (AvgIpc) is 2.46. The van der Waals surface area contributed by atoms with Crippen molar-refractivity contribution in [3.63, 3.8) is 0 Å². The molecule has 0 fully saturated rings. The molecule has 0 aromatic heterocycles. The number of aryl methyl sites for hydroxylation is 2. The maximum Gasteiger partial charge on any atom is 0.246 e. The summed E-state index contributed by atoms with van der Waals surface area (Å²) in [7, 11) is 0. The average molecular weight is 310 g/mol. The van der Waals surface area contributed by atoms with Gasteiger partial charge < -0.3 is 10.6 Å². The van der Waals surface area contributed by atoms with Crippen LogP contribution in [0.4, 0.5) is 11.4 Å². The van der Waals surface area contributed by atoms with Crippen LogP contribution < -0.4 is 10.6 Å². The second-order valence-electron chi connectivity index (χ2n) is 5.87. The van der Waals surface area contributed by atoms with Crippen LogP contribution in [-0.4, -0.2) is 17.7 Å². The summed E-state index contributed by atoms with van der Waals surface area (Å²) in [6, 6.07) is 12.6. The molecular formula is C19H22N2O2. The predicted molar refractivity (Wildman–Crippen MR) is 94.1 cm³/mol. The van der Waals surface area contributed by atoms with E-state index in [-0.39, 0.29) is 17.7 Å². The van der Waals surface area contributed by atoms with Crippen molar-refractivity contribution in [3.05, 3.63) is 59.2 Å². The van der Waals surface area contributed by atoms with E-state index in [9.17, 15) is 9.59 Å². The molecule has 1 amide bonds. The number of hydrogen-bond donors (Lipinski definition) is 2. The van der Waals surface area contributed by atoms with E-state index in [1.165, 1.54) is 6.92 Å². The SMILES string of the molecule is CC(=O)c1ccc(NC(=O)[C@H](C)Nc2cc(C)cc(C)c2)cc1. The standard InChI is InChI=1S/C19H22N2O2/c1-12-9-13(2)11-18(10-12)20-14(3)19(23)21-17-7-5-16(6-8-17)15(4)22/h5-11,14,20H,1-4H3,(H,21,23)/t14-/m0/s1. The molecule has 2 aromatic rings. The van der Waals surface area contributed by atoms with Crippen molar-refractivity contribution in [2.75, 3.05) is 10.6 Å². The number of carbonyl (C=O) groups is 2. The van der Waals surface area contributed by atoms with E-state index in [4.69, 9.17) is 0 Å². The lowest BCUT2D eigenvalue weighted by Gasteiger charge is -2.16. The fraction of sp³-hybridized carbons (Fsp3) is 0.263. The summed E-state index contributed by atoms with van der Waals surface area (Å²) >= 11 is 0. The van der Waals surface area contributed by atoms with E-state index in [0.717, 1.165) is 16.8 Å². The van der Waals surface area contributed by atoms with Crippen molar-refractivity contribution in [2.45, 2.75) is 33.7 Å². The van der Waals surface area contributed by atoms with Gasteiger partial charge in [0.05, 0.1) is 0 Å². The fourth-order valence-corrected chi connectivity index (χ4v) is 2.41. The molecule has 2 aromatic carbocycles. The number of hydrogen-bond acceptors (Lipinski definition) is 3. The number of carbonyl (C=O) groups excluding carboxylic acids is 2. The first kappa shape index (κ1) is 16.7. The van der Waals surface area contributed by atoms with E-state index in [1.807, 2.05) is 32.9 Å². The van der Waals surface area contributed by atoms with Crippen LogP contribution in [0.5, 0.6) is 0 Å². The maximum absolute atomic E-state index is 12.3. The summed E-state index contributed by atoms with van der Waals surface area (Å²) in [5, 5.41) is 6.05. The molecule has 0 saturated carbocycles. The number of rotatable bonds is 5. The molecule has 0 aliphatic heterocycles. The van der Waals surface area contributed by atoms with Gasteiger partial charge in [-0.2, -0.15) is 0 Å². The highest BCUT2D eigenvalue weighted by molar-refractivity contribution is 5.97. The zero-order chi connectivity index (χ0) is 17.0. The lowest BCUT2D eigenvalue weighted by atomic mass is 10.1. The molecule has 1 atom stereocenters. The quantitative estimate of drug-likeness (QED) is 0.822. The van der Waals surface area contributed by atoms with Crippen molar-refractivity contribution in [1.82, 2.24) is 0 Å².